The molecular weight excluding hydrogens is 304 g/mol. The van der Waals surface area contributed by atoms with E-state index in [1.54, 1.807) is 23.5 Å². The lowest BCUT2D eigenvalue weighted by Crippen LogP contribution is -2.09. The van der Waals surface area contributed by atoms with Gasteiger partial charge in [-0.2, -0.15) is 0 Å². The first-order valence-electron chi connectivity index (χ1n) is 6.36. The predicted octanol–water partition coefficient (Wildman–Crippen LogP) is 3.64. The van der Waals surface area contributed by atoms with Crippen LogP contribution >= 0.6 is 11.3 Å². The SMILES string of the molecule is Cc1ccc2sc(-c3ccc(NS(C)(=O)=O)cc3)nc2c1. The van der Waals surface area contributed by atoms with E-state index >= 15 is 0 Å². The first-order chi connectivity index (χ1) is 9.90. The highest BCUT2D eigenvalue weighted by Gasteiger charge is 2.07. The van der Waals surface area contributed by atoms with Gasteiger partial charge in [0.2, 0.25) is 10.0 Å². The maximum absolute atomic E-state index is 11.2. The minimum atomic E-state index is -3.24. The molecule has 0 unspecified atom stereocenters. The monoisotopic (exact) mass is 318 g/mol. The van der Waals surface area contributed by atoms with Gasteiger partial charge in [-0.05, 0) is 48.9 Å². The summed E-state index contributed by atoms with van der Waals surface area (Å²) < 4.78 is 26.0. The van der Waals surface area contributed by atoms with Crippen molar-refractivity contribution in [3.8, 4) is 10.6 Å². The van der Waals surface area contributed by atoms with Crippen LogP contribution in [0.4, 0.5) is 5.69 Å². The number of anilines is 1. The number of thiazole rings is 1. The third kappa shape index (κ3) is 3.22. The van der Waals surface area contributed by atoms with Crippen LogP contribution in [0.5, 0.6) is 0 Å². The largest absolute Gasteiger partial charge is 0.284 e. The number of hydrogen-bond acceptors (Lipinski definition) is 4. The second-order valence-electron chi connectivity index (χ2n) is 4.94. The lowest BCUT2D eigenvalue weighted by atomic mass is 10.2. The molecule has 0 spiro atoms. The standard InChI is InChI=1S/C15H14N2O2S2/c1-10-3-8-14-13(9-10)16-15(20-14)11-4-6-12(7-5-11)17-21(2,18)19/h3-9,17H,1-2H3. The van der Waals surface area contributed by atoms with Gasteiger partial charge in [-0.15, -0.1) is 11.3 Å². The van der Waals surface area contributed by atoms with Crippen LogP contribution in [0, 0.1) is 6.92 Å². The van der Waals surface area contributed by atoms with Gasteiger partial charge in [-0.3, -0.25) is 4.72 Å². The number of rotatable bonds is 3. The first-order valence-corrected chi connectivity index (χ1v) is 9.07. The van der Waals surface area contributed by atoms with E-state index in [2.05, 4.69) is 27.9 Å². The summed E-state index contributed by atoms with van der Waals surface area (Å²) in [5.74, 6) is 0. The molecule has 0 atom stereocenters. The summed E-state index contributed by atoms with van der Waals surface area (Å²) in [7, 11) is -3.24. The van der Waals surface area contributed by atoms with E-state index in [0.29, 0.717) is 5.69 Å². The van der Waals surface area contributed by atoms with Crippen molar-refractivity contribution >= 4 is 37.3 Å². The highest BCUT2D eigenvalue weighted by atomic mass is 32.2. The fourth-order valence-electron chi connectivity index (χ4n) is 2.06. The van der Waals surface area contributed by atoms with Gasteiger partial charge < -0.3 is 0 Å². The zero-order chi connectivity index (χ0) is 15.0. The first kappa shape index (κ1) is 14.0. The van der Waals surface area contributed by atoms with Crippen LogP contribution in [0.3, 0.4) is 0 Å². The molecule has 0 radical (unpaired) electrons. The Hall–Kier alpha value is -1.92. The minimum absolute atomic E-state index is 0.554. The van der Waals surface area contributed by atoms with Crippen LogP contribution in [-0.2, 0) is 10.0 Å². The topological polar surface area (TPSA) is 59.1 Å². The number of nitrogens with zero attached hydrogens (tertiary/aromatic N) is 1. The minimum Gasteiger partial charge on any atom is -0.284 e. The maximum Gasteiger partial charge on any atom is 0.229 e. The van der Waals surface area contributed by atoms with E-state index < -0.39 is 10.0 Å². The second-order valence-corrected chi connectivity index (χ2v) is 7.72. The van der Waals surface area contributed by atoms with Crippen molar-refractivity contribution in [1.82, 2.24) is 4.98 Å². The molecule has 0 saturated carbocycles. The number of fused-ring (bicyclic) bond motifs is 1. The molecule has 4 nitrogen and oxygen atoms in total. The molecule has 1 N–H and O–H groups in total. The van der Waals surface area contributed by atoms with E-state index in [9.17, 15) is 8.42 Å². The Morgan fingerprint density at radius 2 is 1.81 bits per heavy atom. The Bertz CT molecular complexity index is 897. The zero-order valence-corrected chi connectivity index (χ0v) is 13.3. The summed E-state index contributed by atoms with van der Waals surface area (Å²) in [6.07, 6.45) is 1.14. The molecule has 1 aromatic heterocycles. The fraction of sp³-hybridized carbons (Fsp3) is 0.133. The van der Waals surface area contributed by atoms with Gasteiger partial charge in [0.1, 0.15) is 5.01 Å². The summed E-state index contributed by atoms with van der Waals surface area (Å²) >= 11 is 1.63. The molecule has 1 heterocycles. The number of aromatic nitrogens is 1. The van der Waals surface area contributed by atoms with E-state index in [1.807, 2.05) is 19.1 Å². The smallest absolute Gasteiger partial charge is 0.229 e. The highest BCUT2D eigenvalue weighted by Crippen LogP contribution is 2.31. The number of hydrogen-bond donors (Lipinski definition) is 1. The van der Waals surface area contributed by atoms with Crippen LogP contribution in [0.15, 0.2) is 42.5 Å². The van der Waals surface area contributed by atoms with Gasteiger partial charge in [0.05, 0.1) is 16.5 Å². The van der Waals surface area contributed by atoms with Gasteiger partial charge >= 0.3 is 0 Å². The molecule has 3 rings (SSSR count). The van der Waals surface area contributed by atoms with Gasteiger partial charge in [0.25, 0.3) is 0 Å². The molecule has 21 heavy (non-hydrogen) atoms. The molecule has 108 valence electrons. The van der Waals surface area contributed by atoms with Crippen LogP contribution in [-0.4, -0.2) is 19.7 Å². The van der Waals surface area contributed by atoms with E-state index in [0.717, 1.165) is 27.0 Å². The van der Waals surface area contributed by atoms with Gasteiger partial charge in [-0.25, -0.2) is 13.4 Å². The molecule has 0 aliphatic rings. The van der Waals surface area contributed by atoms with Crippen molar-refractivity contribution in [2.45, 2.75) is 6.92 Å². The predicted molar refractivity (Wildman–Crippen MR) is 88.3 cm³/mol. The Morgan fingerprint density at radius 1 is 1.10 bits per heavy atom. The van der Waals surface area contributed by atoms with Crippen molar-refractivity contribution in [2.75, 3.05) is 11.0 Å². The Kier molecular flexibility index (Phi) is 3.43. The lowest BCUT2D eigenvalue weighted by Gasteiger charge is -2.03. The third-order valence-corrected chi connectivity index (χ3v) is 4.67. The molecule has 6 heteroatoms. The number of benzene rings is 2. The van der Waals surface area contributed by atoms with Crippen molar-refractivity contribution in [3.05, 3.63) is 48.0 Å². The number of aryl methyl sites for hydroxylation is 1. The highest BCUT2D eigenvalue weighted by molar-refractivity contribution is 7.92. The van der Waals surface area contributed by atoms with Crippen LogP contribution in [0.25, 0.3) is 20.8 Å². The molecule has 0 aliphatic carbocycles. The van der Waals surface area contributed by atoms with Crippen molar-refractivity contribution in [3.63, 3.8) is 0 Å². The van der Waals surface area contributed by atoms with Crippen molar-refractivity contribution < 1.29 is 8.42 Å². The van der Waals surface area contributed by atoms with Gasteiger partial charge in [0.15, 0.2) is 0 Å². The van der Waals surface area contributed by atoms with Crippen molar-refractivity contribution in [2.24, 2.45) is 0 Å². The molecule has 0 bridgehead atoms. The number of nitrogens with one attached hydrogen (secondary N) is 1. The quantitative estimate of drug-likeness (QED) is 0.802. The molecule has 3 aromatic rings. The summed E-state index contributed by atoms with van der Waals surface area (Å²) in [6, 6.07) is 13.4. The average Bonchev–Trinajstić information content (AvgIpc) is 2.80. The van der Waals surface area contributed by atoms with Crippen LogP contribution in [0.2, 0.25) is 0 Å². The van der Waals surface area contributed by atoms with E-state index in [4.69, 9.17) is 0 Å². The van der Waals surface area contributed by atoms with Gasteiger partial charge in [-0.1, -0.05) is 6.07 Å². The van der Waals surface area contributed by atoms with Crippen LogP contribution < -0.4 is 4.72 Å². The maximum atomic E-state index is 11.2. The zero-order valence-electron chi connectivity index (χ0n) is 11.6. The molecule has 0 saturated heterocycles. The third-order valence-electron chi connectivity index (χ3n) is 2.98. The van der Waals surface area contributed by atoms with E-state index in [-0.39, 0.29) is 0 Å². The lowest BCUT2D eigenvalue weighted by molar-refractivity contribution is 0.607. The molecule has 0 fully saturated rings. The summed E-state index contributed by atoms with van der Waals surface area (Å²) in [4.78, 5) is 4.63. The molecule has 0 amide bonds. The summed E-state index contributed by atoms with van der Waals surface area (Å²) in [5, 5.41) is 0.932. The number of sulfonamides is 1. The van der Waals surface area contributed by atoms with Gasteiger partial charge in [0, 0.05) is 11.3 Å². The summed E-state index contributed by atoms with van der Waals surface area (Å²) in [6.45, 7) is 2.05. The molecular formula is C15H14N2O2S2. The average molecular weight is 318 g/mol. The second kappa shape index (κ2) is 5.13. The molecule has 2 aromatic carbocycles. The Morgan fingerprint density at radius 3 is 2.48 bits per heavy atom. The summed E-state index contributed by atoms with van der Waals surface area (Å²) in [5.41, 5.74) is 3.71. The Balaban J connectivity index is 1.95. The Labute approximate surface area is 127 Å². The van der Waals surface area contributed by atoms with E-state index in [1.165, 1.54) is 5.56 Å². The fourth-order valence-corrected chi connectivity index (χ4v) is 3.57. The van der Waals surface area contributed by atoms with Crippen molar-refractivity contribution in [1.29, 1.82) is 0 Å². The van der Waals surface area contributed by atoms with Crippen LogP contribution in [0.1, 0.15) is 5.56 Å². The molecule has 0 aliphatic heterocycles. The normalized spacial score (nSPS) is 11.7.